The van der Waals surface area contributed by atoms with Crippen molar-refractivity contribution in [3.8, 4) is 0 Å². The highest BCUT2D eigenvalue weighted by atomic mass is 35.5. The Labute approximate surface area is 122 Å². The molecule has 1 fully saturated rings. The highest BCUT2D eigenvalue weighted by molar-refractivity contribution is 6.35. The van der Waals surface area contributed by atoms with E-state index in [2.05, 4.69) is 15.6 Å². The molecule has 1 atom stereocenters. The Morgan fingerprint density at radius 3 is 3.10 bits per heavy atom. The number of benzene rings is 1. The lowest BCUT2D eigenvalue weighted by Gasteiger charge is -2.23. The largest absolute Gasteiger partial charge is 0.355 e. The van der Waals surface area contributed by atoms with Gasteiger partial charge in [-0.3, -0.25) is 9.78 Å². The number of rotatable bonds is 3. The maximum Gasteiger partial charge on any atom is 0.220 e. The van der Waals surface area contributed by atoms with E-state index in [4.69, 9.17) is 11.6 Å². The number of nitrogens with one attached hydrogen (secondary N) is 2. The fraction of sp³-hybridized carbons (Fsp3) is 0.333. The van der Waals surface area contributed by atoms with Crippen molar-refractivity contribution in [1.82, 2.24) is 15.6 Å². The van der Waals surface area contributed by atoms with Gasteiger partial charge in [-0.1, -0.05) is 17.7 Å². The van der Waals surface area contributed by atoms with Gasteiger partial charge in [-0.15, -0.1) is 0 Å². The van der Waals surface area contributed by atoms with E-state index in [1.165, 1.54) is 0 Å². The van der Waals surface area contributed by atoms with Crippen LogP contribution in [0.2, 0.25) is 5.02 Å². The SMILES string of the molecule is O=C1CCC(NCc2ccc(Cl)c3cccnc23)CN1. The van der Waals surface area contributed by atoms with Gasteiger partial charge >= 0.3 is 0 Å². The lowest BCUT2D eigenvalue weighted by molar-refractivity contribution is -0.122. The van der Waals surface area contributed by atoms with Crippen LogP contribution < -0.4 is 10.6 Å². The van der Waals surface area contributed by atoms with Crippen molar-refractivity contribution < 1.29 is 4.79 Å². The van der Waals surface area contributed by atoms with Gasteiger partial charge in [0.25, 0.3) is 0 Å². The summed E-state index contributed by atoms with van der Waals surface area (Å²) in [5.41, 5.74) is 2.06. The molecule has 3 rings (SSSR count). The second-order valence-electron chi connectivity index (χ2n) is 5.03. The molecule has 1 aliphatic heterocycles. The molecule has 1 amide bonds. The average molecular weight is 290 g/mol. The lowest BCUT2D eigenvalue weighted by atomic mass is 10.1. The minimum absolute atomic E-state index is 0.140. The van der Waals surface area contributed by atoms with Crippen molar-refractivity contribution in [2.75, 3.05) is 6.54 Å². The number of hydrogen-bond acceptors (Lipinski definition) is 3. The van der Waals surface area contributed by atoms with E-state index in [1.807, 2.05) is 24.3 Å². The van der Waals surface area contributed by atoms with E-state index in [9.17, 15) is 4.79 Å². The number of piperidine rings is 1. The summed E-state index contributed by atoms with van der Waals surface area (Å²) < 4.78 is 0. The van der Waals surface area contributed by atoms with E-state index in [1.54, 1.807) is 6.20 Å². The summed E-state index contributed by atoms with van der Waals surface area (Å²) in [6.45, 7) is 1.42. The second-order valence-corrected chi connectivity index (χ2v) is 5.43. The molecule has 1 unspecified atom stereocenters. The highest BCUT2D eigenvalue weighted by Crippen LogP contribution is 2.24. The molecular weight excluding hydrogens is 274 g/mol. The molecule has 2 heterocycles. The normalized spacial score (nSPS) is 19.1. The molecule has 1 aliphatic rings. The van der Waals surface area contributed by atoms with Crippen LogP contribution in [0.3, 0.4) is 0 Å². The van der Waals surface area contributed by atoms with Crippen molar-refractivity contribution in [1.29, 1.82) is 0 Å². The quantitative estimate of drug-likeness (QED) is 0.911. The van der Waals surface area contributed by atoms with Gasteiger partial charge in [0.1, 0.15) is 0 Å². The minimum Gasteiger partial charge on any atom is -0.355 e. The molecule has 20 heavy (non-hydrogen) atoms. The zero-order valence-electron chi connectivity index (χ0n) is 11.0. The molecule has 104 valence electrons. The Morgan fingerprint density at radius 2 is 2.30 bits per heavy atom. The van der Waals surface area contributed by atoms with Crippen molar-refractivity contribution in [2.45, 2.75) is 25.4 Å². The van der Waals surface area contributed by atoms with Crippen molar-refractivity contribution in [3.05, 3.63) is 41.0 Å². The van der Waals surface area contributed by atoms with Crippen LogP contribution in [0.1, 0.15) is 18.4 Å². The number of halogens is 1. The average Bonchev–Trinajstić information content (AvgIpc) is 2.49. The number of pyridine rings is 1. The molecule has 1 aromatic heterocycles. The number of amides is 1. The predicted octanol–water partition coefficient (Wildman–Crippen LogP) is 2.26. The van der Waals surface area contributed by atoms with Crippen LogP contribution in [0, 0.1) is 0 Å². The third-order valence-corrected chi connectivity index (χ3v) is 3.98. The smallest absolute Gasteiger partial charge is 0.220 e. The minimum atomic E-state index is 0.140. The standard InChI is InChI=1S/C15H16ClN3O/c16-13-5-3-10(15-12(13)2-1-7-17-15)8-18-11-4-6-14(20)19-9-11/h1-3,5,7,11,18H,4,6,8-9H2,(H,19,20). The van der Waals surface area contributed by atoms with E-state index >= 15 is 0 Å². The number of nitrogens with zero attached hydrogens (tertiary/aromatic N) is 1. The second kappa shape index (κ2) is 5.77. The Bertz CT molecular complexity index is 634. The molecule has 1 aromatic carbocycles. The topological polar surface area (TPSA) is 54.0 Å². The summed E-state index contributed by atoms with van der Waals surface area (Å²) in [7, 11) is 0. The summed E-state index contributed by atoms with van der Waals surface area (Å²) in [4.78, 5) is 15.6. The highest BCUT2D eigenvalue weighted by Gasteiger charge is 2.17. The molecule has 4 nitrogen and oxygen atoms in total. The summed E-state index contributed by atoms with van der Waals surface area (Å²) in [5, 5.41) is 8.05. The van der Waals surface area contributed by atoms with Gasteiger partial charge in [-0.2, -0.15) is 0 Å². The van der Waals surface area contributed by atoms with E-state index < -0.39 is 0 Å². The molecule has 0 radical (unpaired) electrons. The summed E-state index contributed by atoms with van der Waals surface area (Å²) in [6, 6.07) is 8.11. The Hall–Kier alpha value is -1.65. The molecular formula is C15H16ClN3O. The van der Waals surface area contributed by atoms with Gasteiger partial charge < -0.3 is 10.6 Å². The lowest BCUT2D eigenvalue weighted by Crippen LogP contribution is -2.45. The van der Waals surface area contributed by atoms with E-state index in [0.717, 1.165) is 34.5 Å². The third-order valence-electron chi connectivity index (χ3n) is 3.65. The first-order chi connectivity index (χ1) is 9.74. The number of fused-ring (bicyclic) bond motifs is 1. The van der Waals surface area contributed by atoms with Crippen LogP contribution in [0.15, 0.2) is 30.5 Å². The van der Waals surface area contributed by atoms with Gasteiger partial charge in [0.15, 0.2) is 0 Å². The first kappa shape index (κ1) is 13.3. The number of carbonyl (C=O) groups is 1. The molecule has 0 saturated carbocycles. The number of aromatic nitrogens is 1. The summed E-state index contributed by atoms with van der Waals surface area (Å²) in [5.74, 6) is 0.140. The van der Waals surface area contributed by atoms with Gasteiger partial charge in [0.05, 0.1) is 5.52 Å². The maximum atomic E-state index is 11.1. The van der Waals surface area contributed by atoms with Crippen LogP contribution in [0.25, 0.3) is 10.9 Å². The first-order valence-corrected chi connectivity index (χ1v) is 7.14. The van der Waals surface area contributed by atoms with Gasteiger partial charge in [-0.25, -0.2) is 0 Å². The Kier molecular flexibility index (Phi) is 3.85. The van der Waals surface area contributed by atoms with Crippen LogP contribution in [0.5, 0.6) is 0 Å². The van der Waals surface area contributed by atoms with Gasteiger partial charge in [0.2, 0.25) is 5.91 Å². The monoisotopic (exact) mass is 289 g/mol. The zero-order valence-corrected chi connectivity index (χ0v) is 11.8. The van der Waals surface area contributed by atoms with E-state index in [-0.39, 0.29) is 5.91 Å². The van der Waals surface area contributed by atoms with Crippen molar-refractivity contribution in [2.24, 2.45) is 0 Å². The van der Waals surface area contributed by atoms with Crippen LogP contribution in [-0.2, 0) is 11.3 Å². The summed E-state index contributed by atoms with van der Waals surface area (Å²) >= 11 is 6.19. The molecule has 0 spiro atoms. The zero-order chi connectivity index (χ0) is 13.9. The van der Waals surface area contributed by atoms with E-state index in [0.29, 0.717) is 19.0 Å². The van der Waals surface area contributed by atoms with Gasteiger partial charge in [-0.05, 0) is 30.2 Å². The maximum absolute atomic E-state index is 11.1. The molecule has 0 aliphatic carbocycles. The predicted molar refractivity (Wildman–Crippen MR) is 79.6 cm³/mol. The number of hydrogen-bond donors (Lipinski definition) is 2. The number of carbonyl (C=O) groups excluding carboxylic acids is 1. The Morgan fingerprint density at radius 1 is 1.40 bits per heavy atom. The molecule has 2 aromatic rings. The van der Waals surface area contributed by atoms with Gasteiger partial charge in [0, 0.05) is 42.2 Å². The molecule has 5 heteroatoms. The molecule has 2 N–H and O–H groups in total. The van der Waals surface area contributed by atoms with Crippen LogP contribution in [0.4, 0.5) is 0 Å². The first-order valence-electron chi connectivity index (χ1n) is 6.76. The molecule has 0 bridgehead atoms. The fourth-order valence-electron chi connectivity index (χ4n) is 2.50. The van der Waals surface area contributed by atoms with Crippen LogP contribution in [-0.4, -0.2) is 23.5 Å². The third kappa shape index (κ3) is 2.76. The Balaban J connectivity index is 1.75. The van der Waals surface area contributed by atoms with Crippen molar-refractivity contribution >= 4 is 28.4 Å². The summed E-state index contributed by atoms with van der Waals surface area (Å²) in [6.07, 6.45) is 3.26. The molecule has 1 saturated heterocycles. The van der Waals surface area contributed by atoms with Crippen LogP contribution >= 0.6 is 11.6 Å². The fourth-order valence-corrected chi connectivity index (χ4v) is 2.72. The van der Waals surface area contributed by atoms with Crippen molar-refractivity contribution in [3.63, 3.8) is 0 Å².